The van der Waals surface area contributed by atoms with Crippen LogP contribution in [0.25, 0.3) is 5.65 Å². The molecule has 0 radical (unpaired) electrons. The van der Waals surface area contributed by atoms with Gasteiger partial charge in [-0.15, -0.1) is 0 Å². The first-order valence-corrected chi connectivity index (χ1v) is 6.07. The van der Waals surface area contributed by atoms with Gasteiger partial charge in [0, 0.05) is 17.0 Å². The van der Waals surface area contributed by atoms with Crippen molar-refractivity contribution in [1.29, 1.82) is 5.26 Å². The first-order valence-electron chi connectivity index (χ1n) is 6.07. The normalized spacial score (nSPS) is 10.5. The Bertz CT molecular complexity index is 708. The molecule has 0 aliphatic carbocycles. The molecule has 5 heteroatoms. The highest BCUT2D eigenvalue weighted by atomic mass is 16.5. The van der Waals surface area contributed by atoms with Crippen LogP contribution in [0.2, 0.25) is 0 Å². The second-order valence-corrected chi connectivity index (χ2v) is 4.38. The molecule has 0 aliphatic heterocycles. The highest BCUT2D eigenvalue weighted by molar-refractivity contribution is 5.93. The fourth-order valence-electron chi connectivity index (χ4n) is 2.26. The maximum Gasteiger partial charge on any atom is 0.355 e. The van der Waals surface area contributed by atoms with E-state index in [1.807, 2.05) is 19.9 Å². The highest BCUT2D eigenvalue weighted by Crippen LogP contribution is 2.24. The lowest BCUT2D eigenvalue weighted by molar-refractivity contribution is 0.0517. The van der Waals surface area contributed by atoms with E-state index in [1.165, 1.54) is 0 Å². The van der Waals surface area contributed by atoms with Crippen molar-refractivity contribution in [3.05, 3.63) is 34.3 Å². The summed E-state index contributed by atoms with van der Waals surface area (Å²) in [5.41, 5.74) is 3.61. The molecule has 0 spiro atoms. The van der Waals surface area contributed by atoms with E-state index < -0.39 is 5.97 Å². The maximum atomic E-state index is 12.1. The Morgan fingerprint density at radius 3 is 2.74 bits per heavy atom. The van der Waals surface area contributed by atoms with Crippen molar-refractivity contribution >= 4 is 11.6 Å². The van der Waals surface area contributed by atoms with Crippen molar-refractivity contribution in [3.8, 4) is 6.07 Å². The molecule has 0 N–H and O–H groups in total. The van der Waals surface area contributed by atoms with Crippen LogP contribution in [0.1, 0.15) is 39.9 Å². The van der Waals surface area contributed by atoms with E-state index in [4.69, 9.17) is 4.74 Å². The topological polar surface area (TPSA) is 67.4 Å². The lowest BCUT2D eigenvalue weighted by Gasteiger charge is -2.07. The van der Waals surface area contributed by atoms with E-state index in [9.17, 15) is 10.1 Å². The van der Waals surface area contributed by atoms with E-state index in [-0.39, 0.29) is 0 Å². The predicted molar refractivity (Wildman–Crippen MR) is 70.1 cm³/mol. The number of aryl methyl sites for hydroxylation is 2. The molecule has 0 unspecified atom stereocenters. The summed E-state index contributed by atoms with van der Waals surface area (Å²) in [6, 6.07) is 3.99. The number of nitrogens with zero attached hydrogens (tertiary/aromatic N) is 3. The fraction of sp³-hybridized carbons (Fsp3) is 0.357. The molecule has 2 aromatic rings. The third-order valence-corrected chi connectivity index (χ3v) is 3.02. The Kier molecular flexibility index (Phi) is 3.26. The second-order valence-electron chi connectivity index (χ2n) is 4.38. The summed E-state index contributed by atoms with van der Waals surface area (Å²) in [5.74, 6) is -0.426. The van der Waals surface area contributed by atoms with Gasteiger partial charge in [0.2, 0.25) is 0 Å². The van der Waals surface area contributed by atoms with Crippen LogP contribution in [0.15, 0.2) is 6.07 Å². The van der Waals surface area contributed by atoms with Crippen LogP contribution in [0.3, 0.4) is 0 Å². The lowest BCUT2D eigenvalue weighted by Crippen LogP contribution is -2.11. The van der Waals surface area contributed by atoms with Gasteiger partial charge in [-0.3, -0.25) is 4.40 Å². The van der Waals surface area contributed by atoms with Crippen LogP contribution >= 0.6 is 0 Å². The van der Waals surface area contributed by atoms with Gasteiger partial charge in [-0.2, -0.15) is 5.26 Å². The van der Waals surface area contributed by atoms with Crippen molar-refractivity contribution in [2.75, 3.05) is 6.61 Å². The Morgan fingerprint density at radius 1 is 1.47 bits per heavy atom. The minimum Gasteiger partial charge on any atom is -0.461 e. The average molecular weight is 257 g/mol. The fourth-order valence-corrected chi connectivity index (χ4v) is 2.26. The first-order chi connectivity index (χ1) is 9.01. The van der Waals surface area contributed by atoms with Gasteiger partial charge in [-0.05, 0) is 33.8 Å². The van der Waals surface area contributed by atoms with E-state index in [2.05, 4.69) is 11.1 Å². The van der Waals surface area contributed by atoms with Gasteiger partial charge in [0.15, 0.2) is 5.65 Å². The van der Waals surface area contributed by atoms with Crippen molar-refractivity contribution in [1.82, 2.24) is 9.38 Å². The SMILES string of the molecule is CCOC(=O)c1c(C)c(C#N)c2nc(C)cc(C)n12. The van der Waals surface area contributed by atoms with Crippen LogP contribution in [0.4, 0.5) is 0 Å². The number of ether oxygens (including phenoxy) is 1. The molecule has 2 aromatic heterocycles. The zero-order valence-electron chi connectivity index (χ0n) is 11.4. The van der Waals surface area contributed by atoms with E-state index in [1.54, 1.807) is 18.2 Å². The molecule has 5 nitrogen and oxygen atoms in total. The summed E-state index contributed by atoms with van der Waals surface area (Å²) in [6.45, 7) is 7.54. The van der Waals surface area contributed by atoms with Gasteiger partial charge in [-0.25, -0.2) is 9.78 Å². The Hall–Kier alpha value is -2.35. The summed E-state index contributed by atoms with van der Waals surface area (Å²) in [7, 11) is 0. The summed E-state index contributed by atoms with van der Waals surface area (Å²) in [6.07, 6.45) is 0. The Balaban J connectivity index is 2.88. The zero-order valence-corrected chi connectivity index (χ0v) is 11.4. The predicted octanol–water partition coefficient (Wildman–Crippen LogP) is 2.31. The van der Waals surface area contributed by atoms with E-state index >= 15 is 0 Å². The molecule has 0 fully saturated rings. The Morgan fingerprint density at radius 2 is 2.16 bits per heavy atom. The van der Waals surface area contributed by atoms with Crippen LogP contribution in [-0.4, -0.2) is 22.0 Å². The molecule has 2 rings (SSSR count). The minimum atomic E-state index is -0.426. The number of hydrogen-bond donors (Lipinski definition) is 0. The van der Waals surface area contributed by atoms with Crippen molar-refractivity contribution in [3.63, 3.8) is 0 Å². The molecular formula is C14H15N3O2. The number of carbonyl (C=O) groups is 1. The molecule has 0 aliphatic rings. The first kappa shape index (κ1) is 13.1. The van der Waals surface area contributed by atoms with Crippen LogP contribution in [-0.2, 0) is 4.74 Å². The molecule has 0 aromatic carbocycles. The van der Waals surface area contributed by atoms with Crippen LogP contribution in [0, 0.1) is 32.1 Å². The average Bonchev–Trinajstić information content (AvgIpc) is 2.61. The van der Waals surface area contributed by atoms with E-state index in [0.29, 0.717) is 29.1 Å². The second kappa shape index (κ2) is 4.73. The molecule has 0 bridgehead atoms. The number of esters is 1. The standard InChI is InChI=1S/C14H15N3O2/c1-5-19-14(18)12-10(4)11(7-15)13-16-8(2)6-9(3)17(12)13/h6H,5H2,1-4H3. The van der Waals surface area contributed by atoms with E-state index in [0.717, 1.165) is 11.4 Å². The van der Waals surface area contributed by atoms with Gasteiger partial charge >= 0.3 is 5.97 Å². The van der Waals surface area contributed by atoms with Gasteiger partial charge < -0.3 is 4.74 Å². The lowest BCUT2D eigenvalue weighted by atomic mass is 10.2. The van der Waals surface area contributed by atoms with Gasteiger partial charge in [0.05, 0.1) is 6.61 Å². The number of carbonyl (C=O) groups excluding carboxylic acids is 1. The van der Waals surface area contributed by atoms with Gasteiger partial charge in [-0.1, -0.05) is 0 Å². The maximum absolute atomic E-state index is 12.1. The third-order valence-electron chi connectivity index (χ3n) is 3.02. The van der Waals surface area contributed by atoms with Crippen molar-refractivity contribution in [2.24, 2.45) is 0 Å². The summed E-state index contributed by atoms with van der Waals surface area (Å²) < 4.78 is 6.76. The molecule has 0 atom stereocenters. The Labute approximate surface area is 111 Å². The largest absolute Gasteiger partial charge is 0.461 e. The van der Waals surface area contributed by atoms with Crippen molar-refractivity contribution < 1.29 is 9.53 Å². The molecule has 19 heavy (non-hydrogen) atoms. The summed E-state index contributed by atoms with van der Waals surface area (Å²) in [4.78, 5) is 16.4. The van der Waals surface area contributed by atoms with Crippen LogP contribution < -0.4 is 0 Å². The number of fused-ring (bicyclic) bond motifs is 1. The quantitative estimate of drug-likeness (QED) is 0.774. The molecule has 2 heterocycles. The number of aromatic nitrogens is 2. The highest BCUT2D eigenvalue weighted by Gasteiger charge is 2.23. The van der Waals surface area contributed by atoms with Crippen molar-refractivity contribution in [2.45, 2.75) is 27.7 Å². The van der Waals surface area contributed by atoms with Gasteiger partial charge in [0.1, 0.15) is 17.3 Å². The smallest absolute Gasteiger partial charge is 0.355 e. The zero-order chi connectivity index (χ0) is 14.2. The number of nitriles is 1. The molecule has 98 valence electrons. The molecule has 0 saturated heterocycles. The molecular weight excluding hydrogens is 242 g/mol. The molecule has 0 amide bonds. The third kappa shape index (κ3) is 1.95. The minimum absolute atomic E-state index is 0.297. The van der Waals surface area contributed by atoms with Gasteiger partial charge in [0.25, 0.3) is 0 Å². The monoisotopic (exact) mass is 257 g/mol. The molecule has 0 saturated carbocycles. The number of rotatable bonds is 2. The van der Waals surface area contributed by atoms with Crippen LogP contribution in [0.5, 0.6) is 0 Å². The summed E-state index contributed by atoms with van der Waals surface area (Å²) in [5, 5.41) is 9.27. The summed E-state index contributed by atoms with van der Waals surface area (Å²) >= 11 is 0. The number of hydrogen-bond acceptors (Lipinski definition) is 4.